The van der Waals surface area contributed by atoms with Gasteiger partial charge in [0, 0.05) is 0 Å². The third kappa shape index (κ3) is 9.10. The van der Waals surface area contributed by atoms with E-state index >= 15 is 0 Å². The van der Waals surface area contributed by atoms with Gasteiger partial charge in [-0.1, -0.05) is 113 Å². The molecule has 0 fully saturated rings. The summed E-state index contributed by atoms with van der Waals surface area (Å²) in [5, 5.41) is 1.55. The summed E-state index contributed by atoms with van der Waals surface area (Å²) < 4.78 is 0. The van der Waals surface area contributed by atoms with Gasteiger partial charge in [0.2, 0.25) is 0 Å². The highest BCUT2D eigenvalue weighted by molar-refractivity contribution is 6.73. The van der Waals surface area contributed by atoms with Crippen molar-refractivity contribution in [3.8, 4) is 0 Å². The van der Waals surface area contributed by atoms with Crippen LogP contribution < -0.4 is 10.9 Å². The molecule has 1 atom stereocenters. The molecule has 2 N–H and O–H groups in total. The lowest BCUT2D eigenvalue weighted by atomic mass is 10.1. The molecule has 0 bridgehead atoms. The van der Waals surface area contributed by atoms with Crippen LogP contribution in [0.1, 0.15) is 71.1 Å². The van der Waals surface area contributed by atoms with E-state index in [4.69, 9.17) is 5.73 Å². The minimum atomic E-state index is -0.872. The summed E-state index contributed by atoms with van der Waals surface area (Å²) in [6, 6.07) is 12.4. The Kier molecular flexibility index (Phi) is 11.5. The number of hydrogen-bond donors (Lipinski definition) is 1. The monoisotopic (exact) mass is 305 g/mol. The average molecular weight is 306 g/mol. The van der Waals surface area contributed by atoms with Crippen molar-refractivity contribution in [3.63, 3.8) is 0 Å². The summed E-state index contributed by atoms with van der Waals surface area (Å²) in [5.41, 5.74) is 5.99. The summed E-state index contributed by atoms with van der Waals surface area (Å²) in [6.07, 6.45) is 15.1. The second-order valence-electron chi connectivity index (χ2n) is 6.31. The lowest BCUT2D eigenvalue weighted by Gasteiger charge is -2.13. The molecule has 120 valence electrons. The molecule has 1 aromatic carbocycles. The maximum absolute atomic E-state index is 5.99. The molecule has 1 rings (SSSR count). The number of hydrogen-bond acceptors (Lipinski definition) is 1. The molecule has 0 radical (unpaired) electrons. The van der Waals surface area contributed by atoms with Gasteiger partial charge < -0.3 is 5.73 Å². The minimum Gasteiger partial charge on any atom is -0.333 e. The van der Waals surface area contributed by atoms with Crippen molar-refractivity contribution >= 4 is 14.0 Å². The van der Waals surface area contributed by atoms with Crippen LogP contribution in [0.4, 0.5) is 0 Å². The lowest BCUT2D eigenvalue weighted by Crippen LogP contribution is -2.37. The minimum absolute atomic E-state index is 0.872. The van der Waals surface area contributed by atoms with Crippen LogP contribution in [0.15, 0.2) is 30.3 Å². The van der Waals surface area contributed by atoms with Crippen LogP contribution in [-0.4, -0.2) is 15.0 Å². The van der Waals surface area contributed by atoms with E-state index in [1.807, 2.05) is 0 Å². The van der Waals surface area contributed by atoms with E-state index in [9.17, 15) is 0 Å². The highest BCUT2D eigenvalue weighted by Gasteiger charge is 2.10. The van der Waals surface area contributed by atoms with Gasteiger partial charge in [0.15, 0.2) is 0 Å². The average Bonchev–Trinajstić information content (AvgIpc) is 2.54. The molecule has 0 amide bonds. The summed E-state index contributed by atoms with van der Waals surface area (Å²) >= 11 is 0. The molecule has 0 saturated heterocycles. The van der Waals surface area contributed by atoms with Crippen LogP contribution in [0, 0.1) is 0 Å². The number of nitrogens with two attached hydrogens (primary N) is 1. The van der Waals surface area contributed by atoms with Gasteiger partial charge in [0.05, 0.1) is 8.80 Å². The standard InChI is InChI=1S/C19H35NSi/c1-2-3-4-5-6-7-8-9-10-14-17-21(18-20)19-15-12-11-13-16-19/h11-13,15-16,21H,2-10,14,17-18,20H2,1H3. The Morgan fingerprint density at radius 2 is 1.29 bits per heavy atom. The second-order valence-corrected chi connectivity index (χ2v) is 9.42. The van der Waals surface area contributed by atoms with Crippen molar-refractivity contribution in [2.75, 3.05) is 6.17 Å². The molecule has 0 aromatic heterocycles. The summed E-state index contributed by atoms with van der Waals surface area (Å²) in [6.45, 7) is 2.29. The van der Waals surface area contributed by atoms with Crippen molar-refractivity contribution in [3.05, 3.63) is 30.3 Å². The summed E-state index contributed by atoms with van der Waals surface area (Å²) in [5.74, 6) is 0. The largest absolute Gasteiger partial charge is 0.333 e. The maximum Gasteiger partial charge on any atom is 0.0850 e. The second kappa shape index (κ2) is 13.1. The van der Waals surface area contributed by atoms with E-state index in [1.54, 1.807) is 5.19 Å². The van der Waals surface area contributed by atoms with Gasteiger partial charge >= 0.3 is 0 Å². The van der Waals surface area contributed by atoms with E-state index in [0.29, 0.717) is 0 Å². The number of rotatable bonds is 13. The van der Waals surface area contributed by atoms with Crippen LogP contribution in [0.5, 0.6) is 0 Å². The summed E-state index contributed by atoms with van der Waals surface area (Å²) in [7, 11) is -0.872. The molecule has 0 heterocycles. The maximum atomic E-state index is 5.99. The van der Waals surface area contributed by atoms with Crippen LogP contribution in [0.3, 0.4) is 0 Å². The molecule has 21 heavy (non-hydrogen) atoms. The molecular formula is C19H35NSi. The van der Waals surface area contributed by atoms with Crippen molar-refractivity contribution in [1.82, 2.24) is 0 Å². The van der Waals surface area contributed by atoms with Gasteiger partial charge in [-0.15, -0.1) is 0 Å². The fourth-order valence-electron chi connectivity index (χ4n) is 3.02. The van der Waals surface area contributed by atoms with Crippen LogP contribution in [0.2, 0.25) is 6.04 Å². The zero-order chi connectivity index (χ0) is 15.2. The number of unbranched alkanes of at least 4 members (excludes halogenated alkanes) is 9. The van der Waals surface area contributed by atoms with Gasteiger partial charge in [-0.2, -0.15) is 0 Å². The first-order chi connectivity index (χ1) is 10.4. The SMILES string of the molecule is CCCCCCCCCCCC[SiH](CN)c1ccccc1. The zero-order valence-electron chi connectivity index (χ0n) is 14.0. The third-order valence-corrected chi connectivity index (χ3v) is 7.46. The van der Waals surface area contributed by atoms with E-state index in [2.05, 4.69) is 37.3 Å². The Bertz CT molecular complexity index is 326. The van der Waals surface area contributed by atoms with E-state index in [1.165, 1.54) is 70.3 Å². The smallest absolute Gasteiger partial charge is 0.0850 e. The first kappa shape index (κ1) is 18.4. The molecule has 1 nitrogen and oxygen atoms in total. The Hall–Kier alpha value is -0.603. The Morgan fingerprint density at radius 3 is 1.81 bits per heavy atom. The van der Waals surface area contributed by atoms with Gasteiger partial charge in [-0.05, 0) is 6.17 Å². The van der Waals surface area contributed by atoms with Gasteiger partial charge in [-0.25, -0.2) is 0 Å². The van der Waals surface area contributed by atoms with Crippen molar-refractivity contribution in [2.24, 2.45) is 5.73 Å². The molecular weight excluding hydrogens is 270 g/mol. The highest BCUT2D eigenvalue weighted by Crippen LogP contribution is 2.12. The zero-order valence-corrected chi connectivity index (χ0v) is 15.2. The Balaban J connectivity index is 1.98. The van der Waals surface area contributed by atoms with Crippen LogP contribution in [0.25, 0.3) is 0 Å². The Labute approximate surface area is 133 Å². The lowest BCUT2D eigenvalue weighted by molar-refractivity contribution is 0.562. The van der Waals surface area contributed by atoms with Gasteiger partial charge in [0.25, 0.3) is 0 Å². The third-order valence-electron chi connectivity index (χ3n) is 4.46. The van der Waals surface area contributed by atoms with E-state index in [-0.39, 0.29) is 0 Å². The molecule has 0 saturated carbocycles. The fourth-order valence-corrected chi connectivity index (χ4v) is 5.41. The first-order valence-electron chi connectivity index (χ1n) is 9.13. The van der Waals surface area contributed by atoms with Crippen molar-refractivity contribution in [1.29, 1.82) is 0 Å². The quantitative estimate of drug-likeness (QED) is 0.420. The number of benzene rings is 1. The highest BCUT2D eigenvalue weighted by atomic mass is 28.3. The van der Waals surface area contributed by atoms with E-state index in [0.717, 1.165) is 6.17 Å². The Morgan fingerprint density at radius 1 is 0.762 bits per heavy atom. The van der Waals surface area contributed by atoms with Gasteiger partial charge in [0.1, 0.15) is 0 Å². The molecule has 0 spiro atoms. The molecule has 0 aliphatic carbocycles. The fraction of sp³-hybridized carbons (Fsp3) is 0.684. The van der Waals surface area contributed by atoms with Crippen LogP contribution in [-0.2, 0) is 0 Å². The first-order valence-corrected chi connectivity index (χ1v) is 11.3. The van der Waals surface area contributed by atoms with Crippen molar-refractivity contribution in [2.45, 2.75) is 77.2 Å². The molecule has 0 aliphatic heterocycles. The molecule has 1 unspecified atom stereocenters. The summed E-state index contributed by atoms with van der Waals surface area (Å²) in [4.78, 5) is 0. The predicted molar refractivity (Wildman–Crippen MR) is 98.9 cm³/mol. The molecule has 0 aliphatic rings. The topological polar surface area (TPSA) is 26.0 Å². The van der Waals surface area contributed by atoms with Crippen molar-refractivity contribution < 1.29 is 0 Å². The normalized spacial score (nSPS) is 12.5. The molecule has 1 aromatic rings. The van der Waals surface area contributed by atoms with Gasteiger partial charge in [-0.3, -0.25) is 0 Å². The predicted octanol–water partition coefficient (Wildman–Crippen LogP) is 4.54. The van der Waals surface area contributed by atoms with E-state index < -0.39 is 8.80 Å². The molecule has 2 heteroatoms. The van der Waals surface area contributed by atoms with Crippen LogP contribution >= 0.6 is 0 Å².